The molecule has 0 radical (unpaired) electrons. The van der Waals surface area contributed by atoms with Crippen LogP contribution in [0.25, 0.3) is 33.4 Å². The predicted molar refractivity (Wildman–Crippen MR) is 150 cm³/mol. The van der Waals surface area contributed by atoms with Crippen molar-refractivity contribution in [3.8, 4) is 28.3 Å². The summed E-state index contributed by atoms with van der Waals surface area (Å²) in [5, 5.41) is 18.0. The average molecular weight is 576 g/mol. The zero-order chi connectivity index (χ0) is 27.6. The minimum Gasteiger partial charge on any atom is -0.497 e. The van der Waals surface area contributed by atoms with E-state index in [1.165, 1.54) is 0 Å². The van der Waals surface area contributed by atoms with Gasteiger partial charge in [-0.25, -0.2) is 4.21 Å². The number of fused-ring (bicyclic) bond motifs is 2. The van der Waals surface area contributed by atoms with E-state index in [1.54, 1.807) is 19.2 Å². The molecule has 204 valence electrons. The van der Waals surface area contributed by atoms with Crippen LogP contribution in [-0.2, 0) is 33.2 Å². The van der Waals surface area contributed by atoms with E-state index in [-0.39, 0.29) is 26.4 Å². The maximum absolute atomic E-state index is 14.0. The second-order valence-electron chi connectivity index (χ2n) is 9.91. The van der Waals surface area contributed by atoms with Gasteiger partial charge in [0.2, 0.25) is 5.82 Å². The molecule has 2 aliphatic rings. The Balaban J connectivity index is 1.43. The third-order valence-electron chi connectivity index (χ3n) is 7.69. The first-order valence-electron chi connectivity index (χ1n) is 12.6. The normalized spacial score (nSPS) is 19.8. The zero-order valence-electron chi connectivity index (χ0n) is 21.7. The van der Waals surface area contributed by atoms with Crippen LogP contribution in [0.2, 0.25) is 0 Å². The number of methoxy groups -OCH3 is 1. The molecule has 0 saturated carbocycles. The van der Waals surface area contributed by atoms with Gasteiger partial charge in [0.1, 0.15) is 10.6 Å². The molecule has 1 unspecified atom stereocenters. The van der Waals surface area contributed by atoms with Crippen molar-refractivity contribution in [3.63, 3.8) is 0 Å². The van der Waals surface area contributed by atoms with Crippen LogP contribution < -0.4 is 10.1 Å². The number of sulfonamides is 1. The van der Waals surface area contributed by atoms with Crippen molar-refractivity contribution in [2.45, 2.75) is 21.5 Å². The number of tetrazole rings is 1. The molecule has 2 N–H and O–H groups in total. The number of hydrogen-bond acceptors (Lipinski definition) is 8. The lowest BCUT2D eigenvalue weighted by molar-refractivity contribution is 0.414. The van der Waals surface area contributed by atoms with E-state index in [4.69, 9.17) is 4.74 Å². The Morgan fingerprint density at radius 1 is 1.02 bits per heavy atom. The number of aryl methyl sites for hydroxylation is 1. The van der Waals surface area contributed by atoms with Crippen LogP contribution in [0.15, 0.2) is 74.2 Å². The highest BCUT2D eigenvalue weighted by Gasteiger charge is 2.44. The summed E-state index contributed by atoms with van der Waals surface area (Å²) in [6.07, 6.45) is 0.696. The molecule has 0 aliphatic carbocycles. The summed E-state index contributed by atoms with van der Waals surface area (Å²) in [7, 11) is -3.77. The number of benzene rings is 3. The molecule has 13 heteroatoms. The number of nitrogens with one attached hydrogen (secondary N) is 2. The third kappa shape index (κ3) is 3.68. The van der Waals surface area contributed by atoms with E-state index in [1.807, 2.05) is 49.5 Å². The summed E-state index contributed by atoms with van der Waals surface area (Å²) in [4.78, 5) is 0.109. The van der Waals surface area contributed by atoms with E-state index in [0.717, 1.165) is 33.5 Å². The van der Waals surface area contributed by atoms with Crippen molar-refractivity contribution in [3.05, 3.63) is 71.9 Å². The molecule has 40 heavy (non-hydrogen) atoms. The number of hydrogen-bond donors (Lipinski definition) is 2. The summed E-state index contributed by atoms with van der Waals surface area (Å²) in [5.74, 6) is 0.903. The fourth-order valence-electron chi connectivity index (χ4n) is 5.49. The Hall–Kier alpha value is -4.07. The fourth-order valence-corrected chi connectivity index (χ4v) is 10.9. The van der Waals surface area contributed by atoms with Gasteiger partial charge in [0.15, 0.2) is 0 Å². The standard InChI is InChI=1S/C27H25N7O4S2/c1-34-17(12-16-6-8-18(38-2)9-7-16)13-22-20(4-3-5-23(22)34)21-10-11-24-26(25(21)27-29-31-32-30-27)40(36,37)33-39(24,35)19-14-28-15-19/h3-11,13,19,28H,12,14-15H2,1-2H3,(H,29,30,31,32). The van der Waals surface area contributed by atoms with Gasteiger partial charge in [-0.15, -0.1) is 14.0 Å². The van der Waals surface area contributed by atoms with Gasteiger partial charge in [0.05, 0.1) is 32.5 Å². The minimum atomic E-state index is -4.24. The van der Waals surface area contributed by atoms with Crippen LogP contribution in [0.1, 0.15) is 11.3 Å². The highest BCUT2D eigenvalue weighted by Crippen LogP contribution is 2.47. The van der Waals surface area contributed by atoms with Gasteiger partial charge in [0.25, 0.3) is 10.0 Å². The topological polar surface area (TPSA) is 144 Å². The van der Waals surface area contributed by atoms with E-state index in [2.05, 4.69) is 40.3 Å². The van der Waals surface area contributed by atoms with Crippen molar-refractivity contribution in [2.75, 3.05) is 20.2 Å². The summed E-state index contributed by atoms with van der Waals surface area (Å²) < 4.78 is 52.4. The molecule has 0 bridgehead atoms. The Morgan fingerprint density at radius 2 is 1.82 bits per heavy atom. The number of aromatic nitrogens is 5. The largest absolute Gasteiger partial charge is 0.497 e. The SMILES string of the molecule is COc1ccc(Cc2cc3c(-c4ccc5c(c4-c4nn[nH]n4)S(=O)(=O)N=S5(=O)C4CNC4)cccc3n2C)cc1. The van der Waals surface area contributed by atoms with E-state index < -0.39 is 19.8 Å². The second-order valence-corrected chi connectivity index (χ2v) is 14.1. The highest BCUT2D eigenvalue weighted by atomic mass is 32.3. The lowest BCUT2D eigenvalue weighted by Gasteiger charge is -2.28. The first kappa shape index (κ1) is 24.9. The molecule has 2 aliphatic heterocycles. The van der Waals surface area contributed by atoms with E-state index in [0.29, 0.717) is 25.1 Å². The van der Waals surface area contributed by atoms with E-state index in [9.17, 15) is 12.6 Å². The van der Waals surface area contributed by atoms with Crippen molar-refractivity contribution in [2.24, 2.45) is 10.8 Å². The molecule has 2 aromatic heterocycles. The minimum absolute atomic E-state index is 0.102. The molecular formula is C27H25N7O4S2. The maximum Gasteiger partial charge on any atom is 0.292 e. The summed E-state index contributed by atoms with van der Waals surface area (Å²) in [6.45, 7) is 0.883. The van der Waals surface area contributed by atoms with Crippen LogP contribution in [-0.4, -0.2) is 63.3 Å². The van der Waals surface area contributed by atoms with Crippen molar-refractivity contribution >= 4 is 30.7 Å². The van der Waals surface area contributed by atoms with Gasteiger partial charge < -0.3 is 14.6 Å². The van der Waals surface area contributed by atoms with Crippen molar-refractivity contribution in [1.29, 1.82) is 0 Å². The van der Waals surface area contributed by atoms with E-state index >= 15 is 0 Å². The van der Waals surface area contributed by atoms with Crippen LogP contribution in [0.4, 0.5) is 0 Å². The van der Waals surface area contributed by atoms with Gasteiger partial charge in [-0.05, 0) is 52.2 Å². The monoisotopic (exact) mass is 575 g/mol. The van der Waals surface area contributed by atoms with Gasteiger partial charge in [-0.2, -0.15) is 13.6 Å². The van der Waals surface area contributed by atoms with Crippen LogP contribution in [0.5, 0.6) is 5.75 Å². The molecule has 4 heterocycles. The Kier molecular flexibility index (Phi) is 5.60. The summed E-state index contributed by atoms with van der Waals surface area (Å²) in [5.41, 5.74) is 4.85. The Labute approximate surface area is 230 Å². The second kappa shape index (κ2) is 8.98. The smallest absolute Gasteiger partial charge is 0.292 e. The quantitative estimate of drug-likeness (QED) is 0.314. The van der Waals surface area contributed by atoms with Crippen LogP contribution >= 0.6 is 0 Å². The van der Waals surface area contributed by atoms with Gasteiger partial charge >= 0.3 is 0 Å². The van der Waals surface area contributed by atoms with Crippen molar-refractivity contribution in [1.82, 2.24) is 30.5 Å². The van der Waals surface area contributed by atoms with Gasteiger partial charge in [-0.1, -0.05) is 30.3 Å². The first-order chi connectivity index (χ1) is 19.3. The van der Waals surface area contributed by atoms with Crippen LogP contribution in [0, 0.1) is 0 Å². The Morgan fingerprint density at radius 3 is 2.50 bits per heavy atom. The lowest BCUT2D eigenvalue weighted by Crippen LogP contribution is -2.51. The molecule has 1 saturated heterocycles. The molecule has 3 aromatic carbocycles. The molecular weight excluding hydrogens is 550 g/mol. The predicted octanol–water partition coefficient (Wildman–Crippen LogP) is 3.13. The number of H-pyrrole nitrogens is 1. The number of ether oxygens (including phenoxy) is 1. The van der Waals surface area contributed by atoms with Crippen molar-refractivity contribution < 1.29 is 17.4 Å². The number of aromatic amines is 1. The summed E-state index contributed by atoms with van der Waals surface area (Å²) >= 11 is 0. The molecule has 0 spiro atoms. The van der Waals surface area contributed by atoms with Gasteiger partial charge in [-0.3, -0.25) is 0 Å². The molecule has 0 amide bonds. The fraction of sp³-hybridized carbons (Fsp3) is 0.222. The molecule has 7 rings (SSSR count). The number of nitrogens with zero attached hydrogens (tertiary/aromatic N) is 5. The molecule has 5 aromatic rings. The zero-order valence-corrected chi connectivity index (χ0v) is 23.3. The average Bonchev–Trinajstić information content (AvgIpc) is 3.60. The highest BCUT2D eigenvalue weighted by molar-refractivity contribution is 8.06. The molecule has 1 atom stereocenters. The molecule has 1 fully saturated rings. The lowest BCUT2D eigenvalue weighted by atomic mass is 9.96. The van der Waals surface area contributed by atoms with Gasteiger partial charge in [0, 0.05) is 43.2 Å². The number of rotatable bonds is 6. The maximum atomic E-state index is 14.0. The molecule has 11 nitrogen and oxygen atoms in total. The summed E-state index contributed by atoms with van der Waals surface area (Å²) in [6, 6.07) is 19.4. The first-order valence-corrected chi connectivity index (χ1v) is 15.7. The Bertz CT molecular complexity index is 2020. The third-order valence-corrected chi connectivity index (χ3v) is 12.6. The van der Waals surface area contributed by atoms with Crippen LogP contribution in [0.3, 0.4) is 0 Å².